The van der Waals surface area contributed by atoms with Crippen molar-refractivity contribution in [2.24, 2.45) is 0 Å². The molecule has 0 unspecified atom stereocenters. The van der Waals surface area contributed by atoms with Gasteiger partial charge in [-0.15, -0.1) is 0 Å². The van der Waals surface area contributed by atoms with E-state index in [2.05, 4.69) is 34.6 Å². The Bertz CT molecular complexity index is 548. The largest absolute Gasteiger partial charge is 0.384 e. The highest BCUT2D eigenvalue weighted by atomic mass is 79.9. The Hall–Kier alpha value is -1.38. The van der Waals surface area contributed by atoms with Crippen molar-refractivity contribution < 1.29 is 5.11 Å². The number of hydrogen-bond acceptors (Lipinski definition) is 1. The van der Waals surface area contributed by atoms with Gasteiger partial charge in [-0.3, -0.25) is 0 Å². The van der Waals surface area contributed by atoms with Crippen LogP contribution < -0.4 is 0 Å². The van der Waals surface area contributed by atoms with E-state index in [-0.39, 0.29) is 0 Å². The predicted molar refractivity (Wildman–Crippen MR) is 83.0 cm³/mol. The molecule has 0 saturated carbocycles. The minimum absolute atomic E-state index is 0.612. The summed E-state index contributed by atoms with van der Waals surface area (Å²) < 4.78 is 0.920. The first-order valence-electron chi connectivity index (χ1n) is 6.32. The van der Waals surface area contributed by atoms with E-state index in [0.717, 1.165) is 28.5 Å². The summed E-state index contributed by atoms with van der Waals surface area (Å²) in [6.07, 6.45) is 1.08. The molecular formula is C17H17BrO. The Labute approximate surface area is 122 Å². The van der Waals surface area contributed by atoms with E-state index < -0.39 is 6.10 Å². The molecule has 0 aromatic heterocycles. The molecular weight excluding hydrogens is 300 g/mol. The zero-order chi connectivity index (χ0) is 13.7. The zero-order valence-corrected chi connectivity index (χ0v) is 12.3. The van der Waals surface area contributed by atoms with Gasteiger partial charge in [0.05, 0.1) is 0 Å². The summed E-state index contributed by atoms with van der Waals surface area (Å²) in [5, 5.41) is 10.3. The zero-order valence-electron chi connectivity index (χ0n) is 10.7. The van der Waals surface area contributed by atoms with Crippen LogP contribution in [0.2, 0.25) is 0 Å². The van der Waals surface area contributed by atoms with Crippen LogP contribution in [0, 0.1) is 0 Å². The maximum Gasteiger partial charge on any atom is 0.101 e. The summed E-state index contributed by atoms with van der Waals surface area (Å²) in [5.41, 5.74) is 2.99. The first-order chi connectivity index (χ1) is 9.18. The number of halogens is 1. The van der Waals surface area contributed by atoms with Crippen molar-refractivity contribution in [3.8, 4) is 0 Å². The fraction of sp³-hybridized carbons (Fsp3) is 0.176. The van der Waals surface area contributed by atoms with E-state index in [4.69, 9.17) is 0 Å². The Morgan fingerprint density at radius 1 is 1.05 bits per heavy atom. The molecule has 0 aliphatic carbocycles. The van der Waals surface area contributed by atoms with Crippen molar-refractivity contribution in [3.63, 3.8) is 0 Å². The number of aliphatic hydroxyl groups excluding tert-OH is 1. The second kappa shape index (κ2) is 6.69. The lowest BCUT2D eigenvalue weighted by Crippen LogP contribution is -2.02. The molecule has 2 aromatic carbocycles. The van der Waals surface area contributed by atoms with Gasteiger partial charge in [-0.1, -0.05) is 71.0 Å². The van der Waals surface area contributed by atoms with Crippen LogP contribution in [0.25, 0.3) is 0 Å². The van der Waals surface area contributed by atoms with Gasteiger partial charge >= 0.3 is 0 Å². The average molecular weight is 317 g/mol. The number of hydrogen-bond donors (Lipinski definition) is 1. The third-order valence-corrected chi connectivity index (χ3v) is 3.89. The van der Waals surface area contributed by atoms with E-state index in [0.29, 0.717) is 0 Å². The smallest absolute Gasteiger partial charge is 0.101 e. The van der Waals surface area contributed by atoms with Crippen LogP contribution >= 0.6 is 15.9 Å². The fourth-order valence-corrected chi connectivity index (χ4v) is 2.50. The summed E-state index contributed by atoms with van der Waals surface area (Å²) >= 11 is 3.46. The molecule has 0 spiro atoms. The van der Waals surface area contributed by atoms with E-state index in [9.17, 15) is 5.11 Å². The van der Waals surface area contributed by atoms with Gasteiger partial charge < -0.3 is 5.11 Å². The van der Waals surface area contributed by atoms with E-state index in [1.807, 2.05) is 42.5 Å². The van der Waals surface area contributed by atoms with E-state index in [1.165, 1.54) is 5.56 Å². The van der Waals surface area contributed by atoms with Crippen LogP contribution in [-0.4, -0.2) is 5.11 Å². The lowest BCUT2D eigenvalue weighted by Gasteiger charge is -2.15. The van der Waals surface area contributed by atoms with Gasteiger partial charge in [-0.2, -0.15) is 0 Å². The molecule has 2 heteroatoms. The Morgan fingerprint density at radius 2 is 1.68 bits per heavy atom. The summed E-state index contributed by atoms with van der Waals surface area (Å²) in [7, 11) is 0. The van der Waals surface area contributed by atoms with Gasteiger partial charge in [0, 0.05) is 4.47 Å². The second-order valence-electron chi connectivity index (χ2n) is 4.57. The van der Waals surface area contributed by atoms with Gasteiger partial charge in [0.1, 0.15) is 6.10 Å². The third-order valence-electron chi connectivity index (χ3n) is 3.16. The van der Waals surface area contributed by atoms with Crippen LogP contribution in [0.5, 0.6) is 0 Å². The van der Waals surface area contributed by atoms with Crippen LogP contribution in [0.3, 0.4) is 0 Å². The molecule has 2 aromatic rings. The molecule has 0 heterocycles. The summed E-state index contributed by atoms with van der Waals surface area (Å²) in [6.45, 7) is 4.02. The average Bonchev–Trinajstić information content (AvgIpc) is 2.45. The van der Waals surface area contributed by atoms with Crippen LogP contribution in [0.15, 0.2) is 71.2 Å². The minimum atomic E-state index is -0.612. The Balaban J connectivity index is 1.99. The molecule has 0 aliphatic rings. The third kappa shape index (κ3) is 3.79. The molecule has 19 heavy (non-hydrogen) atoms. The SMILES string of the molecule is C=C(CCc1ccccc1)[C@@H](O)c1ccccc1Br. The Kier molecular flexibility index (Phi) is 4.94. The summed E-state index contributed by atoms with van der Waals surface area (Å²) in [4.78, 5) is 0. The van der Waals surface area contributed by atoms with Crippen molar-refractivity contribution in [3.05, 3.63) is 82.3 Å². The van der Waals surface area contributed by atoms with Crippen molar-refractivity contribution >= 4 is 15.9 Å². The molecule has 0 aliphatic heterocycles. The second-order valence-corrected chi connectivity index (χ2v) is 5.42. The first kappa shape index (κ1) is 14.0. The molecule has 1 nitrogen and oxygen atoms in total. The van der Waals surface area contributed by atoms with E-state index in [1.54, 1.807) is 0 Å². The molecule has 98 valence electrons. The molecule has 0 radical (unpaired) electrons. The maximum absolute atomic E-state index is 10.3. The highest BCUT2D eigenvalue weighted by Gasteiger charge is 2.13. The Morgan fingerprint density at radius 3 is 2.37 bits per heavy atom. The van der Waals surface area contributed by atoms with E-state index >= 15 is 0 Å². The lowest BCUT2D eigenvalue weighted by molar-refractivity contribution is 0.211. The molecule has 0 saturated heterocycles. The molecule has 1 N–H and O–H groups in total. The van der Waals surface area contributed by atoms with Gasteiger partial charge in [-0.05, 0) is 35.6 Å². The monoisotopic (exact) mass is 316 g/mol. The highest BCUT2D eigenvalue weighted by Crippen LogP contribution is 2.29. The first-order valence-corrected chi connectivity index (χ1v) is 7.12. The van der Waals surface area contributed by atoms with Crippen molar-refractivity contribution in [1.82, 2.24) is 0 Å². The standard InChI is InChI=1S/C17H17BrO/c1-13(11-12-14-7-3-2-4-8-14)17(19)15-9-5-6-10-16(15)18/h2-10,17,19H,1,11-12H2/t17-/m1/s1. The number of aliphatic hydroxyl groups is 1. The van der Waals surface area contributed by atoms with Crippen LogP contribution in [0.4, 0.5) is 0 Å². The predicted octanol–water partition coefficient (Wildman–Crippen LogP) is 4.67. The fourth-order valence-electron chi connectivity index (χ4n) is 2.00. The van der Waals surface area contributed by atoms with Gasteiger partial charge in [0.2, 0.25) is 0 Å². The quantitative estimate of drug-likeness (QED) is 0.795. The van der Waals surface area contributed by atoms with Gasteiger partial charge in [-0.25, -0.2) is 0 Å². The van der Waals surface area contributed by atoms with Gasteiger partial charge in [0.15, 0.2) is 0 Å². The molecule has 2 rings (SSSR count). The lowest BCUT2D eigenvalue weighted by atomic mass is 9.97. The van der Waals surface area contributed by atoms with Crippen molar-refractivity contribution in [2.75, 3.05) is 0 Å². The minimum Gasteiger partial charge on any atom is -0.384 e. The van der Waals surface area contributed by atoms with Crippen LogP contribution in [-0.2, 0) is 6.42 Å². The number of rotatable bonds is 5. The number of aryl methyl sites for hydroxylation is 1. The summed E-state index contributed by atoms with van der Waals surface area (Å²) in [5.74, 6) is 0. The molecule has 0 fully saturated rings. The van der Waals surface area contributed by atoms with Crippen molar-refractivity contribution in [2.45, 2.75) is 18.9 Å². The normalized spacial score (nSPS) is 12.1. The molecule has 0 amide bonds. The molecule has 1 atom stereocenters. The maximum atomic E-state index is 10.3. The van der Waals surface area contributed by atoms with Crippen molar-refractivity contribution in [1.29, 1.82) is 0 Å². The van der Waals surface area contributed by atoms with Crippen LogP contribution in [0.1, 0.15) is 23.7 Å². The number of benzene rings is 2. The van der Waals surface area contributed by atoms with Gasteiger partial charge in [0.25, 0.3) is 0 Å². The summed E-state index contributed by atoms with van der Waals surface area (Å²) in [6, 6.07) is 18.0. The highest BCUT2D eigenvalue weighted by molar-refractivity contribution is 9.10. The topological polar surface area (TPSA) is 20.2 Å². The molecule has 0 bridgehead atoms.